The van der Waals surface area contributed by atoms with Gasteiger partial charge < -0.3 is 9.15 Å². The number of aromatic nitrogens is 1. The zero-order valence-electron chi connectivity index (χ0n) is 12.2. The maximum Gasteiger partial charge on any atom is 0.340 e. The minimum atomic E-state index is -0.490. The third kappa shape index (κ3) is 3.48. The Labute approximate surface area is 140 Å². The molecule has 0 atom stereocenters. The van der Waals surface area contributed by atoms with Crippen molar-refractivity contribution in [3.8, 4) is 0 Å². The number of halogens is 1. The highest BCUT2D eigenvalue weighted by molar-refractivity contribution is 9.10. The molecule has 1 aromatic carbocycles. The zero-order valence-corrected chi connectivity index (χ0v) is 13.8. The SMILES string of the molecule is Cc1ccc(C(=O)OCc2cc(=O)oc3cc(Br)ccc23)cn1. The van der Waals surface area contributed by atoms with Gasteiger partial charge in [0.05, 0.1) is 5.56 Å². The van der Waals surface area contributed by atoms with E-state index in [4.69, 9.17) is 9.15 Å². The molecule has 2 aromatic heterocycles. The number of esters is 1. The lowest BCUT2D eigenvalue weighted by Gasteiger charge is -2.07. The molecule has 3 aromatic rings. The summed E-state index contributed by atoms with van der Waals surface area (Å²) in [4.78, 5) is 27.7. The smallest absolute Gasteiger partial charge is 0.340 e. The largest absolute Gasteiger partial charge is 0.457 e. The number of carbonyl (C=O) groups excluding carboxylic acids is 1. The van der Waals surface area contributed by atoms with E-state index >= 15 is 0 Å². The standard InChI is InChI=1S/C17H12BrNO4/c1-10-2-3-11(8-19-10)17(21)22-9-12-6-16(20)23-15-7-13(18)4-5-14(12)15/h2-8H,9H2,1H3. The van der Waals surface area contributed by atoms with Gasteiger partial charge in [0.1, 0.15) is 12.2 Å². The lowest BCUT2D eigenvalue weighted by molar-refractivity contribution is 0.0473. The van der Waals surface area contributed by atoms with Crippen LogP contribution in [0.1, 0.15) is 21.6 Å². The van der Waals surface area contributed by atoms with Crippen molar-refractivity contribution >= 4 is 32.9 Å². The molecule has 5 nitrogen and oxygen atoms in total. The summed E-state index contributed by atoms with van der Waals surface area (Å²) < 4.78 is 11.2. The fourth-order valence-corrected chi connectivity index (χ4v) is 2.48. The number of ether oxygens (including phenoxy) is 1. The third-order valence-electron chi connectivity index (χ3n) is 3.30. The summed E-state index contributed by atoms with van der Waals surface area (Å²) >= 11 is 3.33. The van der Waals surface area contributed by atoms with Crippen molar-refractivity contribution < 1.29 is 13.9 Å². The van der Waals surface area contributed by atoms with Crippen molar-refractivity contribution in [1.29, 1.82) is 0 Å². The molecule has 6 heteroatoms. The van der Waals surface area contributed by atoms with Crippen LogP contribution in [0.15, 0.2) is 56.3 Å². The maximum atomic E-state index is 12.0. The van der Waals surface area contributed by atoms with Gasteiger partial charge in [-0.3, -0.25) is 4.98 Å². The molecule has 0 aliphatic heterocycles. The van der Waals surface area contributed by atoms with Crippen molar-refractivity contribution in [3.63, 3.8) is 0 Å². The number of hydrogen-bond acceptors (Lipinski definition) is 5. The van der Waals surface area contributed by atoms with Crippen molar-refractivity contribution in [2.75, 3.05) is 0 Å². The Kier molecular flexibility index (Phi) is 4.25. The highest BCUT2D eigenvalue weighted by atomic mass is 79.9. The number of benzene rings is 1. The van der Waals surface area contributed by atoms with E-state index in [9.17, 15) is 9.59 Å². The Morgan fingerprint density at radius 1 is 1.26 bits per heavy atom. The molecule has 0 fully saturated rings. The van der Waals surface area contributed by atoms with Crippen LogP contribution in [0.25, 0.3) is 11.0 Å². The third-order valence-corrected chi connectivity index (χ3v) is 3.79. The highest BCUT2D eigenvalue weighted by Crippen LogP contribution is 2.22. The number of nitrogens with zero attached hydrogens (tertiary/aromatic N) is 1. The molecule has 0 unspecified atom stereocenters. The number of carbonyl (C=O) groups is 1. The van der Waals surface area contributed by atoms with Gasteiger partial charge in [-0.15, -0.1) is 0 Å². The van der Waals surface area contributed by atoms with Crippen LogP contribution in [-0.4, -0.2) is 11.0 Å². The maximum absolute atomic E-state index is 12.0. The van der Waals surface area contributed by atoms with Crippen molar-refractivity contribution in [1.82, 2.24) is 4.98 Å². The fraction of sp³-hybridized carbons (Fsp3) is 0.118. The first-order valence-corrected chi connectivity index (χ1v) is 7.64. The molecule has 0 N–H and O–H groups in total. The molecule has 2 heterocycles. The quantitative estimate of drug-likeness (QED) is 0.518. The van der Waals surface area contributed by atoms with E-state index in [1.54, 1.807) is 24.3 Å². The van der Waals surface area contributed by atoms with Crippen LogP contribution < -0.4 is 5.63 Å². The van der Waals surface area contributed by atoms with Crippen molar-refractivity contribution in [2.24, 2.45) is 0 Å². The molecule has 116 valence electrons. The van der Waals surface area contributed by atoms with Gasteiger partial charge in [-0.25, -0.2) is 9.59 Å². The molecule has 23 heavy (non-hydrogen) atoms. The predicted molar refractivity (Wildman–Crippen MR) is 88.3 cm³/mol. The number of rotatable bonds is 3. The summed E-state index contributed by atoms with van der Waals surface area (Å²) in [6, 6.07) is 10.1. The van der Waals surface area contributed by atoms with Crippen LogP contribution >= 0.6 is 15.9 Å². The predicted octanol–water partition coefficient (Wildman–Crippen LogP) is 3.62. The van der Waals surface area contributed by atoms with Crippen LogP contribution in [0, 0.1) is 6.92 Å². The fourth-order valence-electron chi connectivity index (χ4n) is 2.14. The molecule has 0 spiro atoms. The zero-order chi connectivity index (χ0) is 16.4. The molecule has 0 aliphatic carbocycles. The van der Waals surface area contributed by atoms with Crippen molar-refractivity contribution in [3.05, 3.63) is 74.3 Å². The topological polar surface area (TPSA) is 69.4 Å². The highest BCUT2D eigenvalue weighted by Gasteiger charge is 2.11. The van der Waals surface area contributed by atoms with Crippen LogP contribution in [-0.2, 0) is 11.3 Å². The monoisotopic (exact) mass is 373 g/mol. The number of hydrogen-bond donors (Lipinski definition) is 0. The Hall–Kier alpha value is -2.47. The minimum Gasteiger partial charge on any atom is -0.457 e. The first-order chi connectivity index (χ1) is 11.0. The summed E-state index contributed by atoms with van der Waals surface area (Å²) in [6.45, 7) is 1.82. The van der Waals surface area contributed by atoms with Gasteiger partial charge in [-0.2, -0.15) is 0 Å². The summed E-state index contributed by atoms with van der Waals surface area (Å²) in [7, 11) is 0. The second-order valence-electron chi connectivity index (χ2n) is 5.00. The van der Waals surface area contributed by atoms with Crippen LogP contribution in [0.5, 0.6) is 0 Å². The van der Waals surface area contributed by atoms with Gasteiger partial charge in [-0.05, 0) is 37.3 Å². The first-order valence-electron chi connectivity index (χ1n) is 6.85. The van der Waals surface area contributed by atoms with E-state index in [0.29, 0.717) is 16.7 Å². The normalized spacial score (nSPS) is 10.7. The van der Waals surface area contributed by atoms with E-state index in [2.05, 4.69) is 20.9 Å². The Morgan fingerprint density at radius 2 is 2.09 bits per heavy atom. The van der Waals surface area contributed by atoms with Gasteiger partial charge in [0.2, 0.25) is 0 Å². The second-order valence-corrected chi connectivity index (χ2v) is 5.91. The Morgan fingerprint density at radius 3 is 2.83 bits per heavy atom. The molecule has 0 saturated carbocycles. The molecule has 0 aliphatic rings. The second kappa shape index (κ2) is 6.34. The lowest BCUT2D eigenvalue weighted by Crippen LogP contribution is -2.08. The van der Waals surface area contributed by atoms with Crippen molar-refractivity contribution in [2.45, 2.75) is 13.5 Å². The van der Waals surface area contributed by atoms with E-state index < -0.39 is 11.6 Å². The van der Waals surface area contributed by atoms with Crippen LogP contribution in [0.3, 0.4) is 0 Å². The average Bonchev–Trinajstić information content (AvgIpc) is 2.52. The number of pyridine rings is 1. The summed E-state index contributed by atoms with van der Waals surface area (Å²) in [5.74, 6) is -0.490. The minimum absolute atomic E-state index is 0.0174. The van der Waals surface area contributed by atoms with Gasteiger partial charge >= 0.3 is 11.6 Å². The van der Waals surface area contributed by atoms with Gasteiger partial charge in [0, 0.05) is 33.4 Å². The molecule has 0 radical (unpaired) electrons. The van der Waals surface area contributed by atoms with Gasteiger partial charge in [0.15, 0.2) is 0 Å². The Balaban J connectivity index is 1.85. The molecule has 0 amide bonds. The average molecular weight is 374 g/mol. The van der Waals surface area contributed by atoms with E-state index in [-0.39, 0.29) is 6.61 Å². The van der Waals surface area contributed by atoms with Crippen LogP contribution in [0.4, 0.5) is 0 Å². The van der Waals surface area contributed by atoms with Gasteiger partial charge in [-0.1, -0.05) is 15.9 Å². The lowest BCUT2D eigenvalue weighted by atomic mass is 10.1. The molecular weight excluding hydrogens is 362 g/mol. The molecule has 3 rings (SSSR count). The molecule has 0 saturated heterocycles. The van der Waals surface area contributed by atoms with Crippen LogP contribution in [0.2, 0.25) is 0 Å². The first kappa shape index (κ1) is 15.4. The summed E-state index contributed by atoms with van der Waals surface area (Å²) in [5, 5.41) is 0.725. The Bertz CT molecular complexity index is 931. The number of fused-ring (bicyclic) bond motifs is 1. The van der Waals surface area contributed by atoms with E-state index in [1.165, 1.54) is 12.3 Å². The molecule has 0 bridgehead atoms. The molecular formula is C17H12BrNO4. The number of aryl methyl sites for hydroxylation is 1. The summed E-state index contributed by atoms with van der Waals surface area (Å²) in [6.07, 6.45) is 1.46. The van der Waals surface area contributed by atoms with E-state index in [0.717, 1.165) is 15.6 Å². The summed E-state index contributed by atoms with van der Waals surface area (Å²) in [5.41, 5.74) is 1.73. The van der Waals surface area contributed by atoms with Gasteiger partial charge in [0.25, 0.3) is 0 Å². The van der Waals surface area contributed by atoms with E-state index in [1.807, 2.05) is 13.0 Å².